The second kappa shape index (κ2) is 5.93. The number of barbiturate groups is 1. The number of aryl methyl sites for hydroxylation is 1. The van der Waals surface area contributed by atoms with Crippen molar-refractivity contribution in [1.82, 2.24) is 15.8 Å². The third-order valence-corrected chi connectivity index (χ3v) is 6.50. The zero-order valence-corrected chi connectivity index (χ0v) is 16.8. The zero-order chi connectivity index (χ0) is 20.7. The molecule has 4 heterocycles. The lowest BCUT2D eigenvalue weighted by molar-refractivity contribution is -0.153. The van der Waals surface area contributed by atoms with Crippen LogP contribution in [0.15, 0.2) is 10.6 Å². The number of aromatic nitrogens is 1. The maximum atomic E-state index is 13.1. The van der Waals surface area contributed by atoms with Gasteiger partial charge in [0.25, 0.3) is 0 Å². The highest BCUT2D eigenvalue weighted by molar-refractivity contribution is 6.38. The number of carbonyl (C=O) groups excluding carboxylic acids is 3. The fraction of sp³-hybridized carbons (Fsp3) is 0.474. The number of ether oxygens (including phenoxy) is 1. The molecule has 0 aliphatic carbocycles. The van der Waals surface area contributed by atoms with E-state index in [0.717, 1.165) is 10.9 Å². The standard InChI is InChI=1S/C19H19ClN4O5/c1-7-6-24-13-10(4-11-8(2)23-29-14(11)12(13)20)5-19(15(24)9(3)28-7)16(25)21-18(27)22-17(19)26/h4,7,9,15H,5-6H2,1-3H3,(H2,21,22,25,26,27)/t7-,9+,15-/m1/s1. The molecule has 0 saturated carbocycles. The molecule has 1 aromatic carbocycles. The number of carbonyl (C=O) groups is 3. The monoisotopic (exact) mass is 418 g/mol. The molecule has 3 aliphatic heterocycles. The van der Waals surface area contributed by atoms with Crippen molar-refractivity contribution in [3.63, 3.8) is 0 Å². The van der Waals surface area contributed by atoms with Gasteiger partial charge in [0.05, 0.1) is 29.6 Å². The second-order valence-electron chi connectivity index (χ2n) is 7.98. The van der Waals surface area contributed by atoms with Crippen molar-refractivity contribution in [2.45, 2.75) is 45.4 Å². The fourth-order valence-corrected chi connectivity index (χ4v) is 5.43. The summed E-state index contributed by atoms with van der Waals surface area (Å²) in [6, 6.07) is 0.407. The van der Waals surface area contributed by atoms with Crippen LogP contribution in [0, 0.1) is 12.3 Å². The van der Waals surface area contributed by atoms with Crippen LogP contribution < -0.4 is 15.5 Å². The van der Waals surface area contributed by atoms with Gasteiger partial charge in [-0.25, -0.2) is 4.79 Å². The number of hydrogen-bond donors (Lipinski definition) is 2. The molecule has 5 rings (SSSR count). The van der Waals surface area contributed by atoms with Crippen molar-refractivity contribution >= 4 is 46.1 Å². The lowest BCUT2D eigenvalue weighted by Crippen LogP contribution is -2.75. The molecule has 10 heteroatoms. The highest BCUT2D eigenvalue weighted by Crippen LogP contribution is 2.51. The van der Waals surface area contributed by atoms with Crippen LogP contribution in [0.2, 0.25) is 5.02 Å². The van der Waals surface area contributed by atoms with Crippen molar-refractivity contribution in [2.24, 2.45) is 5.41 Å². The Labute approximate surface area is 170 Å². The molecule has 29 heavy (non-hydrogen) atoms. The van der Waals surface area contributed by atoms with Crippen LogP contribution in [0.1, 0.15) is 25.1 Å². The van der Waals surface area contributed by atoms with Gasteiger partial charge in [-0.2, -0.15) is 0 Å². The van der Waals surface area contributed by atoms with Crippen LogP contribution in [-0.2, 0) is 20.7 Å². The summed E-state index contributed by atoms with van der Waals surface area (Å²) in [5.74, 6) is -1.26. The number of anilines is 1. The molecule has 3 atom stereocenters. The van der Waals surface area contributed by atoms with Gasteiger partial charge in [-0.15, -0.1) is 0 Å². The molecule has 4 amide bonds. The molecule has 0 radical (unpaired) electrons. The van der Waals surface area contributed by atoms with Gasteiger partial charge in [-0.1, -0.05) is 16.8 Å². The van der Waals surface area contributed by atoms with Crippen LogP contribution in [-0.4, -0.2) is 47.8 Å². The van der Waals surface area contributed by atoms with E-state index >= 15 is 0 Å². The molecule has 2 N–H and O–H groups in total. The molecule has 3 aliphatic rings. The summed E-state index contributed by atoms with van der Waals surface area (Å²) in [5, 5.41) is 9.66. The Morgan fingerprint density at radius 3 is 2.62 bits per heavy atom. The summed E-state index contributed by atoms with van der Waals surface area (Å²) >= 11 is 6.74. The number of rotatable bonds is 0. The molecule has 0 unspecified atom stereocenters. The minimum atomic E-state index is -1.53. The van der Waals surface area contributed by atoms with Crippen molar-refractivity contribution in [1.29, 1.82) is 0 Å². The first-order valence-electron chi connectivity index (χ1n) is 9.40. The zero-order valence-electron chi connectivity index (χ0n) is 16.0. The predicted molar refractivity (Wildman–Crippen MR) is 103 cm³/mol. The van der Waals surface area contributed by atoms with Crippen LogP contribution in [0.5, 0.6) is 0 Å². The largest absolute Gasteiger partial charge is 0.372 e. The Morgan fingerprint density at radius 2 is 1.93 bits per heavy atom. The van der Waals surface area contributed by atoms with E-state index < -0.39 is 35.4 Å². The topological polar surface area (TPSA) is 114 Å². The summed E-state index contributed by atoms with van der Waals surface area (Å²) < 4.78 is 11.4. The van der Waals surface area contributed by atoms with Crippen molar-refractivity contribution in [3.8, 4) is 0 Å². The van der Waals surface area contributed by atoms with Gasteiger partial charge in [-0.3, -0.25) is 20.2 Å². The first-order chi connectivity index (χ1) is 13.7. The Kier molecular flexibility index (Phi) is 3.76. The minimum absolute atomic E-state index is 0.0802. The average molecular weight is 419 g/mol. The number of benzene rings is 1. The van der Waals surface area contributed by atoms with E-state index in [1.54, 1.807) is 6.92 Å². The Bertz CT molecular complexity index is 1080. The Hall–Kier alpha value is -2.65. The lowest BCUT2D eigenvalue weighted by atomic mass is 9.66. The maximum absolute atomic E-state index is 13.1. The predicted octanol–water partition coefficient (Wildman–Crippen LogP) is 1.68. The average Bonchev–Trinajstić information content (AvgIpc) is 3.00. The maximum Gasteiger partial charge on any atom is 0.328 e. The lowest BCUT2D eigenvalue weighted by Gasteiger charge is -2.55. The van der Waals surface area contributed by atoms with E-state index in [-0.39, 0.29) is 12.5 Å². The highest BCUT2D eigenvalue weighted by atomic mass is 35.5. The third-order valence-electron chi connectivity index (χ3n) is 6.15. The molecule has 152 valence electrons. The molecule has 2 saturated heterocycles. The van der Waals surface area contributed by atoms with Gasteiger partial charge < -0.3 is 14.2 Å². The van der Waals surface area contributed by atoms with E-state index in [0.29, 0.717) is 28.5 Å². The quantitative estimate of drug-likeness (QED) is 0.625. The van der Waals surface area contributed by atoms with Gasteiger partial charge in [0.15, 0.2) is 11.0 Å². The van der Waals surface area contributed by atoms with E-state index in [1.165, 1.54) is 0 Å². The molecule has 2 fully saturated rings. The number of imide groups is 2. The number of fused-ring (bicyclic) bond motifs is 5. The summed E-state index contributed by atoms with van der Waals surface area (Å²) in [6.07, 6.45) is -0.528. The third kappa shape index (κ3) is 2.31. The van der Waals surface area contributed by atoms with Gasteiger partial charge in [-0.05, 0) is 38.8 Å². The molecule has 0 bridgehead atoms. The number of nitrogens with zero attached hydrogens (tertiary/aromatic N) is 2. The fourth-order valence-electron chi connectivity index (χ4n) is 5.06. The number of hydrogen-bond acceptors (Lipinski definition) is 7. The smallest absolute Gasteiger partial charge is 0.328 e. The van der Waals surface area contributed by atoms with Crippen LogP contribution in [0.25, 0.3) is 11.0 Å². The second-order valence-corrected chi connectivity index (χ2v) is 8.36. The van der Waals surface area contributed by atoms with Gasteiger partial charge in [0, 0.05) is 11.9 Å². The van der Waals surface area contributed by atoms with Crippen LogP contribution >= 0.6 is 11.6 Å². The molecular formula is C19H19ClN4O5. The van der Waals surface area contributed by atoms with Crippen LogP contribution in [0.3, 0.4) is 0 Å². The van der Waals surface area contributed by atoms with Crippen molar-refractivity contribution < 1.29 is 23.6 Å². The summed E-state index contributed by atoms with van der Waals surface area (Å²) in [5.41, 5.74) is 1.05. The van der Waals surface area contributed by atoms with E-state index in [1.807, 2.05) is 24.8 Å². The molecule has 1 spiro atoms. The van der Waals surface area contributed by atoms with Gasteiger partial charge >= 0.3 is 6.03 Å². The summed E-state index contributed by atoms with van der Waals surface area (Å²) in [7, 11) is 0. The summed E-state index contributed by atoms with van der Waals surface area (Å²) in [6.45, 7) is 5.97. The number of amides is 4. The SMILES string of the molecule is Cc1noc2c(Cl)c3c(cc12)CC1(C(=O)NC(=O)NC1=O)[C@H]1[C@H](C)O[C@H](C)CN31. The van der Waals surface area contributed by atoms with Crippen molar-refractivity contribution in [3.05, 3.63) is 22.3 Å². The molecular weight excluding hydrogens is 400 g/mol. The number of morpholine rings is 1. The van der Waals surface area contributed by atoms with E-state index in [2.05, 4.69) is 15.8 Å². The van der Waals surface area contributed by atoms with Gasteiger partial charge in [0.2, 0.25) is 11.8 Å². The normalized spacial score (nSPS) is 28.2. The molecule has 9 nitrogen and oxygen atoms in total. The van der Waals surface area contributed by atoms with E-state index in [9.17, 15) is 14.4 Å². The Morgan fingerprint density at radius 1 is 1.24 bits per heavy atom. The number of urea groups is 1. The molecule has 2 aromatic rings. The van der Waals surface area contributed by atoms with E-state index in [4.69, 9.17) is 20.9 Å². The highest BCUT2D eigenvalue weighted by Gasteiger charge is 2.63. The minimum Gasteiger partial charge on any atom is -0.372 e. The first-order valence-corrected chi connectivity index (χ1v) is 9.78. The van der Waals surface area contributed by atoms with Crippen molar-refractivity contribution in [2.75, 3.05) is 11.4 Å². The van der Waals surface area contributed by atoms with Gasteiger partial charge in [0.1, 0.15) is 5.02 Å². The Balaban J connectivity index is 1.79. The first kappa shape index (κ1) is 18.4. The van der Waals surface area contributed by atoms with Crippen LogP contribution in [0.4, 0.5) is 10.5 Å². The molecule has 1 aromatic heterocycles. The summed E-state index contributed by atoms with van der Waals surface area (Å²) in [4.78, 5) is 39.9. The number of nitrogens with one attached hydrogen (secondary N) is 2. The number of halogens is 1.